The quantitative estimate of drug-likeness (QED) is 0.626. The number of carbonyl (C=O) groups excluding carboxylic acids is 1. The molecule has 0 aliphatic heterocycles. The Bertz CT molecular complexity index is 283. The lowest BCUT2D eigenvalue weighted by atomic mass is 10.5. The Morgan fingerprint density at radius 2 is 2.08 bits per heavy atom. The topological polar surface area (TPSA) is 54.5 Å². The monoisotopic (exact) mass is 211 g/mol. The smallest absolute Gasteiger partial charge is 0.241 e. The van der Waals surface area contributed by atoms with Crippen molar-refractivity contribution in [1.29, 1.82) is 0 Å². The molecule has 1 aliphatic carbocycles. The van der Waals surface area contributed by atoms with E-state index in [9.17, 15) is 13.2 Å². The molecule has 0 radical (unpaired) electrons. The molecule has 0 spiro atoms. The molecule has 1 fully saturated rings. The van der Waals surface area contributed by atoms with E-state index in [1.807, 2.05) is 0 Å². The van der Waals surface area contributed by atoms with Crippen molar-refractivity contribution in [3.05, 3.63) is 0 Å². The number of hydrogen-bond acceptors (Lipinski definition) is 3. The van der Waals surface area contributed by atoms with E-state index in [0.717, 1.165) is 12.8 Å². The highest BCUT2D eigenvalue weighted by atomic mass is 35.7. The number of carbonyl (C=O) groups is 1. The molecular formula is C6H10ClNO3S. The van der Waals surface area contributed by atoms with Crippen LogP contribution in [0.1, 0.15) is 12.8 Å². The molecule has 0 aromatic carbocycles. The molecule has 0 saturated heterocycles. The van der Waals surface area contributed by atoms with Gasteiger partial charge in [-0.15, -0.1) is 0 Å². The van der Waals surface area contributed by atoms with Crippen LogP contribution in [0.3, 0.4) is 0 Å². The van der Waals surface area contributed by atoms with Gasteiger partial charge in [-0.05, 0) is 12.8 Å². The van der Waals surface area contributed by atoms with Crippen LogP contribution in [0, 0.1) is 0 Å². The van der Waals surface area contributed by atoms with Gasteiger partial charge >= 0.3 is 0 Å². The van der Waals surface area contributed by atoms with Gasteiger partial charge in [-0.3, -0.25) is 4.79 Å². The molecule has 1 amide bonds. The Kier molecular flexibility index (Phi) is 2.63. The van der Waals surface area contributed by atoms with Gasteiger partial charge in [-0.25, -0.2) is 8.42 Å². The number of rotatable bonds is 3. The molecule has 0 aromatic heterocycles. The molecule has 0 heterocycles. The van der Waals surface area contributed by atoms with Crippen LogP contribution in [0.25, 0.3) is 0 Å². The second kappa shape index (κ2) is 3.22. The first-order chi connectivity index (χ1) is 5.40. The minimum atomic E-state index is -3.69. The molecule has 1 saturated carbocycles. The number of halogens is 1. The van der Waals surface area contributed by atoms with Gasteiger partial charge in [0.05, 0.1) is 0 Å². The van der Waals surface area contributed by atoms with Crippen molar-refractivity contribution >= 4 is 25.6 Å². The summed E-state index contributed by atoms with van der Waals surface area (Å²) < 4.78 is 21.0. The van der Waals surface area contributed by atoms with E-state index in [1.165, 1.54) is 4.90 Å². The van der Waals surface area contributed by atoms with Gasteiger partial charge in [0.15, 0.2) is 0 Å². The Morgan fingerprint density at radius 3 is 2.42 bits per heavy atom. The third kappa shape index (κ3) is 2.98. The molecule has 0 aromatic rings. The van der Waals surface area contributed by atoms with E-state index in [4.69, 9.17) is 10.7 Å². The predicted octanol–water partition coefficient (Wildman–Crippen LogP) is 0.176. The SMILES string of the molecule is CN(C(=O)CS(=O)(=O)Cl)C1CC1. The van der Waals surface area contributed by atoms with Crippen LogP contribution in [-0.4, -0.2) is 38.1 Å². The van der Waals surface area contributed by atoms with Crippen molar-refractivity contribution in [2.45, 2.75) is 18.9 Å². The minimum Gasteiger partial charge on any atom is -0.342 e. The van der Waals surface area contributed by atoms with Gasteiger partial charge in [-0.1, -0.05) is 0 Å². The molecule has 4 nitrogen and oxygen atoms in total. The summed E-state index contributed by atoms with van der Waals surface area (Å²) in [6.45, 7) is 0. The Hall–Kier alpha value is -0.290. The number of amides is 1. The summed E-state index contributed by atoms with van der Waals surface area (Å²) in [7, 11) is 2.83. The molecule has 12 heavy (non-hydrogen) atoms. The van der Waals surface area contributed by atoms with E-state index in [1.54, 1.807) is 7.05 Å². The molecule has 1 rings (SSSR count). The zero-order chi connectivity index (χ0) is 9.35. The summed E-state index contributed by atoms with van der Waals surface area (Å²) in [5.74, 6) is -1.02. The third-order valence-electron chi connectivity index (χ3n) is 1.78. The largest absolute Gasteiger partial charge is 0.342 e. The van der Waals surface area contributed by atoms with Gasteiger partial charge in [0.2, 0.25) is 15.0 Å². The van der Waals surface area contributed by atoms with Crippen molar-refractivity contribution in [1.82, 2.24) is 4.90 Å². The zero-order valence-corrected chi connectivity index (χ0v) is 8.23. The van der Waals surface area contributed by atoms with Crippen LogP contribution in [-0.2, 0) is 13.8 Å². The maximum absolute atomic E-state index is 11.1. The van der Waals surface area contributed by atoms with E-state index in [-0.39, 0.29) is 6.04 Å². The van der Waals surface area contributed by atoms with Crippen LogP contribution in [0.5, 0.6) is 0 Å². The fourth-order valence-electron chi connectivity index (χ4n) is 0.915. The normalized spacial score (nSPS) is 17.5. The highest BCUT2D eigenvalue weighted by Crippen LogP contribution is 2.25. The summed E-state index contributed by atoms with van der Waals surface area (Å²) in [4.78, 5) is 12.5. The highest BCUT2D eigenvalue weighted by Gasteiger charge is 2.30. The molecule has 1 aliphatic rings. The second-order valence-corrected chi connectivity index (χ2v) is 5.70. The van der Waals surface area contributed by atoms with Crippen LogP contribution in [0.4, 0.5) is 0 Å². The van der Waals surface area contributed by atoms with E-state index in [2.05, 4.69) is 0 Å². The predicted molar refractivity (Wildman–Crippen MR) is 45.4 cm³/mol. The molecule has 0 N–H and O–H groups in total. The van der Waals surface area contributed by atoms with Crippen molar-refractivity contribution in [3.63, 3.8) is 0 Å². The lowest BCUT2D eigenvalue weighted by Crippen LogP contribution is -2.32. The average Bonchev–Trinajstić information content (AvgIpc) is 2.62. The fraction of sp³-hybridized carbons (Fsp3) is 0.833. The van der Waals surface area contributed by atoms with Crippen LogP contribution >= 0.6 is 10.7 Å². The Morgan fingerprint density at radius 1 is 1.58 bits per heavy atom. The van der Waals surface area contributed by atoms with Crippen LogP contribution < -0.4 is 0 Å². The standard InChI is InChI=1S/C6H10ClNO3S/c1-8(5-2-3-5)6(9)4-12(7,10)11/h5H,2-4H2,1H3. The van der Waals surface area contributed by atoms with Crippen molar-refractivity contribution in [3.8, 4) is 0 Å². The first-order valence-corrected chi connectivity index (χ1v) is 6.06. The maximum atomic E-state index is 11.1. The lowest BCUT2D eigenvalue weighted by Gasteiger charge is -2.14. The molecular weight excluding hydrogens is 202 g/mol. The number of nitrogens with zero attached hydrogens (tertiary/aromatic N) is 1. The average molecular weight is 212 g/mol. The van der Waals surface area contributed by atoms with E-state index < -0.39 is 20.7 Å². The third-order valence-corrected chi connectivity index (χ3v) is 2.70. The van der Waals surface area contributed by atoms with Gasteiger partial charge < -0.3 is 4.90 Å². The van der Waals surface area contributed by atoms with Gasteiger partial charge in [0.25, 0.3) is 0 Å². The molecule has 70 valence electrons. The number of hydrogen-bond donors (Lipinski definition) is 0. The molecule has 0 bridgehead atoms. The molecule has 0 unspecified atom stereocenters. The zero-order valence-electron chi connectivity index (χ0n) is 6.66. The minimum absolute atomic E-state index is 0.232. The van der Waals surface area contributed by atoms with E-state index >= 15 is 0 Å². The maximum Gasteiger partial charge on any atom is 0.241 e. The summed E-state index contributed by atoms with van der Waals surface area (Å²) in [5, 5.41) is 0. The Balaban J connectivity index is 2.47. The Labute approximate surface area is 75.9 Å². The first-order valence-electron chi connectivity index (χ1n) is 3.58. The van der Waals surface area contributed by atoms with Crippen molar-refractivity contribution in [2.24, 2.45) is 0 Å². The van der Waals surface area contributed by atoms with Gasteiger partial charge in [0, 0.05) is 23.8 Å². The van der Waals surface area contributed by atoms with Gasteiger partial charge in [0.1, 0.15) is 5.75 Å². The van der Waals surface area contributed by atoms with Crippen molar-refractivity contribution in [2.75, 3.05) is 12.8 Å². The van der Waals surface area contributed by atoms with Crippen LogP contribution in [0.15, 0.2) is 0 Å². The highest BCUT2D eigenvalue weighted by molar-refractivity contribution is 8.14. The van der Waals surface area contributed by atoms with Gasteiger partial charge in [-0.2, -0.15) is 0 Å². The van der Waals surface area contributed by atoms with Crippen LogP contribution in [0.2, 0.25) is 0 Å². The van der Waals surface area contributed by atoms with Crippen molar-refractivity contribution < 1.29 is 13.2 Å². The summed E-state index contributed by atoms with van der Waals surface area (Å²) in [6, 6.07) is 0.232. The first kappa shape index (κ1) is 9.80. The van der Waals surface area contributed by atoms with E-state index in [0.29, 0.717) is 0 Å². The second-order valence-electron chi connectivity index (χ2n) is 2.92. The summed E-state index contributed by atoms with van der Waals surface area (Å²) in [5.41, 5.74) is 0. The molecule has 0 atom stereocenters. The lowest BCUT2D eigenvalue weighted by molar-refractivity contribution is -0.127. The fourth-order valence-corrected chi connectivity index (χ4v) is 1.69. The summed E-state index contributed by atoms with van der Waals surface area (Å²) in [6.07, 6.45) is 1.93. The molecule has 6 heteroatoms. The summed E-state index contributed by atoms with van der Waals surface area (Å²) >= 11 is 0.